The predicted octanol–water partition coefficient (Wildman–Crippen LogP) is 0.560. The van der Waals surface area contributed by atoms with E-state index in [9.17, 15) is 13.2 Å². The Morgan fingerprint density at radius 3 is 2.76 bits per heavy atom. The molecule has 25 heavy (non-hydrogen) atoms. The zero-order valence-corrected chi connectivity index (χ0v) is 15.6. The molecule has 2 aliphatic heterocycles. The summed E-state index contributed by atoms with van der Waals surface area (Å²) in [6.45, 7) is 5.60. The number of carbonyl (C=O) groups excluding carboxylic acids is 1. The van der Waals surface area contributed by atoms with Gasteiger partial charge in [-0.25, -0.2) is 8.42 Å². The number of amides is 1. The van der Waals surface area contributed by atoms with E-state index in [2.05, 4.69) is 15.8 Å². The summed E-state index contributed by atoms with van der Waals surface area (Å²) in [6, 6.07) is 0.135. The quantitative estimate of drug-likeness (QED) is 0.802. The third kappa shape index (κ3) is 3.88. The molecule has 2 atom stereocenters. The minimum absolute atomic E-state index is 0.0487. The third-order valence-corrected chi connectivity index (χ3v) is 7.07. The maximum absolute atomic E-state index is 12.9. The van der Waals surface area contributed by atoms with Crippen LogP contribution < -0.4 is 10.6 Å². The molecule has 9 heteroatoms. The number of aryl methyl sites for hydroxylation is 2. The number of aromatic nitrogens is 1. The van der Waals surface area contributed by atoms with Crippen molar-refractivity contribution in [1.29, 1.82) is 0 Å². The van der Waals surface area contributed by atoms with Gasteiger partial charge in [0.1, 0.15) is 10.6 Å². The van der Waals surface area contributed by atoms with Crippen LogP contribution in [0.15, 0.2) is 9.42 Å². The van der Waals surface area contributed by atoms with Crippen LogP contribution in [0.2, 0.25) is 0 Å². The molecule has 0 saturated carbocycles. The number of hydrogen-bond donors (Lipinski definition) is 2. The molecular formula is C16H26N4O4S. The summed E-state index contributed by atoms with van der Waals surface area (Å²) < 4.78 is 32.3. The van der Waals surface area contributed by atoms with Crippen LogP contribution in [0.25, 0.3) is 0 Å². The van der Waals surface area contributed by atoms with Gasteiger partial charge in [-0.1, -0.05) is 5.16 Å². The summed E-state index contributed by atoms with van der Waals surface area (Å²) in [7, 11) is -3.69. The molecule has 2 saturated heterocycles. The van der Waals surface area contributed by atoms with Gasteiger partial charge in [-0.05, 0) is 46.1 Å². The molecule has 140 valence electrons. The third-order valence-electron chi connectivity index (χ3n) is 4.96. The van der Waals surface area contributed by atoms with Crippen molar-refractivity contribution < 1.29 is 17.7 Å². The summed E-state index contributed by atoms with van der Waals surface area (Å²) in [4.78, 5) is 12.7. The van der Waals surface area contributed by atoms with Gasteiger partial charge in [0.05, 0.1) is 5.92 Å². The Morgan fingerprint density at radius 2 is 2.12 bits per heavy atom. The van der Waals surface area contributed by atoms with Gasteiger partial charge in [-0.3, -0.25) is 4.79 Å². The fraction of sp³-hybridized carbons (Fsp3) is 0.750. The highest BCUT2D eigenvalue weighted by Crippen LogP contribution is 2.27. The lowest BCUT2D eigenvalue weighted by atomic mass is 9.97. The van der Waals surface area contributed by atoms with Gasteiger partial charge in [0, 0.05) is 25.7 Å². The van der Waals surface area contributed by atoms with E-state index in [4.69, 9.17) is 4.52 Å². The van der Waals surface area contributed by atoms with Gasteiger partial charge in [-0.2, -0.15) is 4.31 Å². The maximum Gasteiger partial charge on any atom is 0.248 e. The molecule has 2 fully saturated rings. The monoisotopic (exact) mass is 370 g/mol. The molecule has 3 rings (SSSR count). The summed E-state index contributed by atoms with van der Waals surface area (Å²) in [6.07, 6.45) is 3.39. The minimum atomic E-state index is -3.69. The van der Waals surface area contributed by atoms with E-state index in [0.717, 1.165) is 25.9 Å². The van der Waals surface area contributed by atoms with E-state index in [1.165, 1.54) is 4.31 Å². The maximum atomic E-state index is 12.9. The highest BCUT2D eigenvalue weighted by molar-refractivity contribution is 7.89. The van der Waals surface area contributed by atoms with Crippen LogP contribution in [-0.4, -0.2) is 56.0 Å². The van der Waals surface area contributed by atoms with Crippen molar-refractivity contribution in [1.82, 2.24) is 20.1 Å². The molecule has 0 aromatic carbocycles. The Bertz CT molecular complexity index is 705. The number of nitrogens with one attached hydrogen (secondary N) is 2. The number of carbonyl (C=O) groups is 1. The van der Waals surface area contributed by atoms with Crippen LogP contribution in [0.4, 0.5) is 0 Å². The Labute approximate surface area is 148 Å². The second-order valence-corrected chi connectivity index (χ2v) is 8.78. The van der Waals surface area contributed by atoms with Crippen molar-refractivity contribution in [2.45, 2.75) is 50.5 Å². The summed E-state index contributed by atoms with van der Waals surface area (Å²) in [5, 5.41) is 10.1. The largest absolute Gasteiger partial charge is 0.360 e. The average molecular weight is 370 g/mol. The highest BCUT2D eigenvalue weighted by atomic mass is 32.2. The smallest absolute Gasteiger partial charge is 0.248 e. The molecule has 0 bridgehead atoms. The van der Waals surface area contributed by atoms with E-state index in [1.807, 2.05) is 0 Å². The Balaban J connectivity index is 1.69. The topological polar surface area (TPSA) is 105 Å². The first-order valence-electron chi connectivity index (χ1n) is 8.83. The Morgan fingerprint density at radius 1 is 1.32 bits per heavy atom. The molecule has 1 aromatic heterocycles. The normalized spacial score (nSPS) is 25.7. The van der Waals surface area contributed by atoms with E-state index < -0.39 is 10.0 Å². The van der Waals surface area contributed by atoms with Gasteiger partial charge in [-0.15, -0.1) is 0 Å². The average Bonchev–Trinajstić information content (AvgIpc) is 2.95. The molecule has 2 aliphatic rings. The van der Waals surface area contributed by atoms with Crippen LogP contribution in [-0.2, 0) is 14.8 Å². The number of hydrogen-bond acceptors (Lipinski definition) is 6. The molecule has 1 unspecified atom stereocenters. The van der Waals surface area contributed by atoms with Gasteiger partial charge in [0.15, 0.2) is 5.76 Å². The SMILES string of the molecule is Cc1noc(C)c1S(=O)(=O)N1CCCC(C(=O)N[C@H]2CCCNC2)C1. The van der Waals surface area contributed by atoms with Crippen molar-refractivity contribution in [3.63, 3.8) is 0 Å². The molecule has 0 radical (unpaired) electrons. The Hall–Kier alpha value is -1.45. The molecule has 0 spiro atoms. The lowest BCUT2D eigenvalue weighted by Gasteiger charge is -2.32. The van der Waals surface area contributed by atoms with E-state index in [0.29, 0.717) is 25.1 Å². The number of nitrogens with zero attached hydrogens (tertiary/aromatic N) is 2. The zero-order chi connectivity index (χ0) is 18.0. The van der Waals surface area contributed by atoms with E-state index in [-0.39, 0.29) is 35.1 Å². The fourth-order valence-corrected chi connectivity index (χ4v) is 5.46. The highest BCUT2D eigenvalue weighted by Gasteiger charge is 2.36. The fourth-order valence-electron chi connectivity index (χ4n) is 3.64. The van der Waals surface area contributed by atoms with Crippen LogP contribution in [0.5, 0.6) is 0 Å². The van der Waals surface area contributed by atoms with Crippen LogP contribution in [0.3, 0.4) is 0 Å². The number of rotatable bonds is 4. The van der Waals surface area contributed by atoms with Gasteiger partial charge in [0.2, 0.25) is 15.9 Å². The van der Waals surface area contributed by atoms with Gasteiger partial charge in [0.25, 0.3) is 0 Å². The number of sulfonamides is 1. The number of piperidine rings is 2. The zero-order valence-electron chi connectivity index (χ0n) is 14.7. The second kappa shape index (κ2) is 7.43. The molecule has 8 nitrogen and oxygen atoms in total. The summed E-state index contributed by atoms with van der Waals surface area (Å²) >= 11 is 0. The minimum Gasteiger partial charge on any atom is -0.360 e. The van der Waals surface area contributed by atoms with Crippen molar-refractivity contribution in [2.24, 2.45) is 5.92 Å². The van der Waals surface area contributed by atoms with Crippen molar-refractivity contribution in [3.8, 4) is 0 Å². The first-order valence-corrected chi connectivity index (χ1v) is 10.3. The molecule has 3 heterocycles. The standard InChI is InChI=1S/C16H26N4O4S/c1-11-15(12(2)24-19-11)25(22,23)20-8-4-5-13(10-20)16(21)18-14-6-3-7-17-9-14/h13-14,17H,3-10H2,1-2H3,(H,18,21)/t13?,14-/m0/s1. The second-order valence-electron chi connectivity index (χ2n) is 6.91. The molecule has 2 N–H and O–H groups in total. The van der Waals surface area contributed by atoms with E-state index >= 15 is 0 Å². The van der Waals surface area contributed by atoms with Gasteiger partial charge < -0.3 is 15.2 Å². The van der Waals surface area contributed by atoms with Crippen molar-refractivity contribution in [2.75, 3.05) is 26.2 Å². The van der Waals surface area contributed by atoms with Crippen LogP contribution in [0.1, 0.15) is 37.1 Å². The van der Waals surface area contributed by atoms with Gasteiger partial charge >= 0.3 is 0 Å². The molecular weight excluding hydrogens is 344 g/mol. The molecule has 0 aliphatic carbocycles. The van der Waals surface area contributed by atoms with Crippen molar-refractivity contribution in [3.05, 3.63) is 11.5 Å². The van der Waals surface area contributed by atoms with E-state index in [1.54, 1.807) is 13.8 Å². The molecule has 1 amide bonds. The van der Waals surface area contributed by atoms with Crippen molar-refractivity contribution >= 4 is 15.9 Å². The van der Waals surface area contributed by atoms with Crippen LogP contribution >= 0.6 is 0 Å². The summed E-state index contributed by atoms with van der Waals surface area (Å²) in [5.41, 5.74) is 0.359. The Kier molecular flexibility index (Phi) is 5.45. The molecule has 1 aromatic rings. The summed E-state index contributed by atoms with van der Waals surface area (Å²) in [5.74, 6) is -0.0735. The predicted molar refractivity (Wildman–Crippen MR) is 91.5 cm³/mol. The first kappa shape index (κ1) is 18.3. The first-order chi connectivity index (χ1) is 11.9. The lowest BCUT2D eigenvalue weighted by molar-refractivity contribution is -0.126. The lowest BCUT2D eigenvalue weighted by Crippen LogP contribution is -2.51. The van der Waals surface area contributed by atoms with Crippen LogP contribution in [0, 0.1) is 19.8 Å².